The largest absolute Gasteiger partial charge is 0.390 e. The third kappa shape index (κ3) is 18.5. The molecule has 0 aromatic rings. The molecule has 7 nitrogen and oxygen atoms in total. The summed E-state index contributed by atoms with van der Waals surface area (Å²) in [5.74, 6) is -0.683. The summed E-state index contributed by atoms with van der Waals surface area (Å²) in [7, 11) is 0. The summed E-state index contributed by atoms with van der Waals surface area (Å²) in [6.45, 7) is 4.15. The molecule has 0 aromatic carbocycles. The molecule has 0 radical (unpaired) electrons. The maximum atomic E-state index is 11.9. The predicted octanol–water partition coefficient (Wildman–Crippen LogP) is 3.41. The van der Waals surface area contributed by atoms with Crippen LogP contribution in [-0.4, -0.2) is 64.1 Å². The minimum atomic E-state index is -1.69. The molecule has 0 heterocycles. The lowest BCUT2D eigenvalue weighted by Crippen LogP contribution is -2.47. The van der Waals surface area contributed by atoms with E-state index in [0.717, 1.165) is 19.3 Å². The van der Waals surface area contributed by atoms with Crippen LogP contribution in [0.5, 0.6) is 0 Å². The van der Waals surface area contributed by atoms with E-state index in [2.05, 4.69) is 12.2 Å². The van der Waals surface area contributed by atoms with Gasteiger partial charge in [-0.3, -0.25) is 4.79 Å². The van der Waals surface area contributed by atoms with Crippen molar-refractivity contribution in [3.63, 3.8) is 0 Å². The quantitative estimate of drug-likeness (QED) is 0.128. The fourth-order valence-corrected chi connectivity index (χ4v) is 3.53. The summed E-state index contributed by atoms with van der Waals surface area (Å²) in [4.78, 5) is 11.9. The number of aliphatic hydroxyl groups is 4. The maximum Gasteiger partial charge on any atom is 0.251 e. The van der Waals surface area contributed by atoms with E-state index in [0.29, 0.717) is 6.54 Å². The van der Waals surface area contributed by atoms with E-state index in [1.165, 1.54) is 77.6 Å². The van der Waals surface area contributed by atoms with E-state index in [1.807, 2.05) is 0 Å². The molecule has 0 rings (SSSR count). The van der Waals surface area contributed by atoms with Crippen molar-refractivity contribution >= 4 is 5.91 Å². The van der Waals surface area contributed by atoms with Crippen LogP contribution < -0.4 is 5.32 Å². The van der Waals surface area contributed by atoms with Crippen LogP contribution in [0, 0.1) is 0 Å². The summed E-state index contributed by atoms with van der Waals surface area (Å²) < 4.78 is 4.87. The number of carbonyl (C=O) groups excluding carboxylic acids is 1. The van der Waals surface area contributed by atoms with Crippen molar-refractivity contribution in [3.05, 3.63) is 0 Å². The van der Waals surface area contributed by atoms with Crippen LogP contribution in [0.1, 0.15) is 110 Å². The average molecular weight is 448 g/mol. The van der Waals surface area contributed by atoms with E-state index in [-0.39, 0.29) is 13.0 Å². The first kappa shape index (κ1) is 30.3. The van der Waals surface area contributed by atoms with Gasteiger partial charge in [-0.2, -0.15) is 0 Å². The molecule has 0 bridgehead atoms. The Kier molecular flexibility index (Phi) is 20.6. The number of hydrogen-bond donors (Lipinski definition) is 5. The summed E-state index contributed by atoms with van der Waals surface area (Å²) in [5.41, 5.74) is 0. The van der Waals surface area contributed by atoms with E-state index < -0.39 is 30.5 Å². The molecule has 0 fully saturated rings. The molecule has 0 aliphatic carbocycles. The first-order valence-electron chi connectivity index (χ1n) is 12.5. The van der Waals surface area contributed by atoms with E-state index in [4.69, 9.17) is 9.84 Å². The van der Waals surface area contributed by atoms with Gasteiger partial charge in [-0.15, -0.1) is 0 Å². The standard InChI is InChI=1S/C24H49NO6/c1-3-4-5-6-7-8-9-10-11-12-13-14-15-16-18-25-24(30)23(29)22(28)21(27)17-19-31-20(2)26/h20-23,26-29H,3-19H2,1-2H3,(H,25,30). The van der Waals surface area contributed by atoms with Gasteiger partial charge in [0.05, 0.1) is 12.7 Å². The van der Waals surface area contributed by atoms with Crippen LogP contribution in [0.3, 0.4) is 0 Å². The van der Waals surface area contributed by atoms with E-state index in [9.17, 15) is 20.1 Å². The third-order valence-corrected chi connectivity index (χ3v) is 5.59. The van der Waals surface area contributed by atoms with Gasteiger partial charge in [-0.25, -0.2) is 0 Å². The summed E-state index contributed by atoms with van der Waals surface area (Å²) in [6, 6.07) is 0. The Bertz CT molecular complexity index is 408. The van der Waals surface area contributed by atoms with Crippen LogP contribution in [0.2, 0.25) is 0 Å². The van der Waals surface area contributed by atoms with Gasteiger partial charge in [0.25, 0.3) is 5.91 Å². The number of aliphatic hydroxyl groups excluding tert-OH is 4. The Hall–Kier alpha value is -0.730. The molecule has 31 heavy (non-hydrogen) atoms. The van der Waals surface area contributed by atoms with Crippen LogP contribution >= 0.6 is 0 Å². The summed E-state index contributed by atoms with van der Waals surface area (Å²) >= 11 is 0. The zero-order valence-corrected chi connectivity index (χ0v) is 19.9. The Labute approximate surface area is 189 Å². The van der Waals surface area contributed by atoms with Crippen molar-refractivity contribution in [1.82, 2.24) is 5.32 Å². The normalized spacial score (nSPS) is 15.4. The lowest BCUT2D eigenvalue weighted by Gasteiger charge is -2.22. The van der Waals surface area contributed by atoms with E-state index >= 15 is 0 Å². The maximum absolute atomic E-state index is 11.9. The molecule has 0 saturated heterocycles. The molecular formula is C24H49NO6. The van der Waals surface area contributed by atoms with Crippen LogP contribution in [0.15, 0.2) is 0 Å². The first-order chi connectivity index (χ1) is 14.9. The van der Waals surface area contributed by atoms with Crippen molar-refractivity contribution in [2.75, 3.05) is 13.2 Å². The highest BCUT2D eigenvalue weighted by atomic mass is 16.6. The molecule has 0 saturated carbocycles. The van der Waals surface area contributed by atoms with Gasteiger partial charge in [0.1, 0.15) is 6.10 Å². The number of ether oxygens (including phenoxy) is 1. The second kappa shape index (κ2) is 21.1. The van der Waals surface area contributed by atoms with Crippen molar-refractivity contribution in [2.45, 2.75) is 135 Å². The third-order valence-electron chi connectivity index (χ3n) is 5.59. The fraction of sp³-hybridized carbons (Fsp3) is 0.958. The topological polar surface area (TPSA) is 119 Å². The molecule has 5 N–H and O–H groups in total. The second-order valence-corrected chi connectivity index (χ2v) is 8.65. The highest BCUT2D eigenvalue weighted by molar-refractivity contribution is 5.81. The molecule has 0 aliphatic rings. The lowest BCUT2D eigenvalue weighted by atomic mass is 10.0. The zero-order valence-electron chi connectivity index (χ0n) is 19.9. The molecule has 7 heteroatoms. The fourth-order valence-electron chi connectivity index (χ4n) is 3.53. The SMILES string of the molecule is CCCCCCCCCCCCCCCCNC(=O)C(O)C(O)C(O)CCOC(C)O. The lowest BCUT2D eigenvalue weighted by molar-refractivity contribution is -0.143. The van der Waals surface area contributed by atoms with Crippen LogP contribution in [0.4, 0.5) is 0 Å². The molecular weight excluding hydrogens is 398 g/mol. The Balaban J connectivity index is 3.54. The molecule has 4 atom stereocenters. The number of hydrogen-bond acceptors (Lipinski definition) is 6. The first-order valence-corrected chi connectivity index (χ1v) is 12.5. The number of unbranched alkanes of at least 4 members (excludes halogenated alkanes) is 13. The van der Waals surface area contributed by atoms with Crippen molar-refractivity contribution in [3.8, 4) is 0 Å². The molecule has 4 unspecified atom stereocenters. The van der Waals surface area contributed by atoms with Crippen LogP contribution in [0.25, 0.3) is 0 Å². The molecule has 0 aliphatic heterocycles. The van der Waals surface area contributed by atoms with Gasteiger partial charge in [-0.05, 0) is 19.8 Å². The Morgan fingerprint density at radius 3 is 1.68 bits per heavy atom. The Morgan fingerprint density at radius 1 is 0.774 bits per heavy atom. The van der Waals surface area contributed by atoms with Crippen LogP contribution in [-0.2, 0) is 9.53 Å². The summed E-state index contributed by atoms with van der Waals surface area (Å²) in [6.07, 6.45) is 12.1. The molecule has 0 aromatic heterocycles. The molecule has 0 spiro atoms. The molecule has 186 valence electrons. The van der Waals surface area contributed by atoms with Gasteiger partial charge in [0.2, 0.25) is 0 Å². The monoisotopic (exact) mass is 447 g/mol. The number of rotatable bonds is 22. The van der Waals surface area contributed by atoms with Gasteiger partial charge in [0, 0.05) is 6.54 Å². The summed E-state index contributed by atoms with van der Waals surface area (Å²) in [5, 5.41) is 41.1. The predicted molar refractivity (Wildman–Crippen MR) is 124 cm³/mol. The minimum absolute atomic E-state index is 0.00929. The van der Waals surface area contributed by atoms with Gasteiger partial charge < -0.3 is 30.5 Å². The zero-order chi connectivity index (χ0) is 23.3. The average Bonchev–Trinajstić information content (AvgIpc) is 2.74. The van der Waals surface area contributed by atoms with Gasteiger partial charge in [-0.1, -0.05) is 90.4 Å². The molecule has 1 amide bonds. The van der Waals surface area contributed by atoms with Crippen molar-refractivity contribution < 1.29 is 30.0 Å². The number of amides is 1. The highest BCUT2D eigenvalue weighted by Crippen LogP contribution is 2.13. The number of nitrogens with one attached hydrogen (secondary N) is 1. The Morgan fingerprint density at radius 2 is 1.23 bits per heavy atom. The van der Waals surface area contributed by atoms with Gasteiger partial charge in [0.15, 0.2) is 12.4 Å². The van der Waals surface area contributed by atoms with Crippen molar-refractivity contribution in [1.29, 1.82) is 0 Å². The van der Waals surface area contributed by atoms with Crippen molar-refractivity contribution in [2.24, 2.45) is 0 Å². The van der Waals surface area contributed by atoms with E-state index in [1.54, 1.807) is 0 Å². The smallest absolute Gasteiger partial charge is 0.251 e. The minimum Gasteiger partial charge on any atom is -0.390 e. The second-order valence-electron chi connectivity index (χ2n) is 8.65. The highest BCUT2D eigenvalue weighted by Gasteiger charge is 2.29. The number of carbonyl (C=O) groups is 1. The van der Waals surface area contributed by atoms with Gasteiger partial charge >= 0.3 is 0 Å².